The number of aryl methyl sites for hydroxylation is 2. The number of rotatable bonds is 5. The summed E-state index contributed by atoms with van der Waals surface area (Å²) in [6, 6.07) is -0.207. The Morgan fingerprint density at radius 1 is 1.36 bits per heavy atom. The van der Waals surface area contributed by atoms with Gasteiger partial charge in [0.1, 0.15) is 0 Å². The first-order valence-electron chi connectivity index (χ1n) is 8.72. The maximum absolute atomic E-state index is 12.2. The maximum Gasteiger partial charge on any atom is 0.317 e. The number of hydrogen-bond donors (Lipinski definition) is 2. The van der Waals surface area contributed by atoms with Crippen LogP contribution in [-0.4, -0.2) is 74.0 Å². The summed E-state index contributed by atoms with van der Waals surface area (Å²) in [6.45, 7) is 4.45. The van der Waals surface area contributed by atoms with Crippen molar-refractivity contribution in [2.45, 2.75) is 38.8 Å². The molecule has 2 aliphatic heterocycles. The first-order valence-corrected chi connectivity index (χ1v) is 8.72. The fourth-order valence-electron chi connectivity index (χ4n) is 4.56. The van der Waals surface area contributed by atoms with Gasteiger partial charge in [-0.25, -0.2) is 0 Å². The predicted molar refractivity (Wildman–Crippen MR) is 90.1 cm³/mol. The van der Waals surface area contributed by atoms with Crippen LogP contribution in [0.2, 0.25) is 0 Å². The van der Waals surface area contributed by atoms with Crippen molar-refractivity contribution in [3.63, 3.8) is 0 Å². The minimum Gasteiger partial charge on any atom is -0.481 e. The molecule has 25 heavy (non-hydrogen) atoms. The Kier molecular flexibility index (Phi) is 4.83. The molecule has 2 saturated heterocycles. The smallest absolute Gasteiger partial charge is 0.317 e. The van der Waals surface area contributed by atoms with Crippen molar-refractivity contribution in [2.75, 3.05) is 26.2 Å². The van der Waals surface area contributed by atoms with Crippen molar-refractivity contribution in [3.05, 3.63) is 17.5 Å². The first kappa shape index (κ1) is 17.9. The minimum absolute atomic E-state index is 0.0819. The average molecular weight is 350 g/mol. The molecular formula is C17H26N4O4. The number of fused-ring (bicyclic) bond motifs is 1. The van der Waals surface area contributed by atoms with Crippen LogP contribution in [0.15, 0.2) is 6.20 Å². The molecule has 1 aromatic rings. The zero-order valence-corrected chi connectivity index (χ0v) is 14.8. The van der Waals surface area contributed by atoms with Crippen LogP contribution in [0.5, 0.6) is 0 Å². The largest absolute Gasteiger partial charge is 0.481 e. The highest BCUT2D eigenvalue weighted by Crippen LogP contribution is 2.42. The number of aromatic nitrogens is 2. The summed E-state index contributed by atoms with van der Waals surface area (Å²) in [7, 11) is 1.88. The van der Waals surface area contributed by atoms with Gasteiger partial charge in [0.2, 0.25) is 0 Å². The van der Waals surface area contributed by atoms with E-state index in [9.17, 15) is 14.7 Å². The van der Waals surface area contributed by atoms with Crippen molar-refractivity contribution >= 4 is 11.9 Å². The molecule has 0 saturated carbocycles. The standard InChI is InChI=1S/C17H26N4O4/c1-12-13(8-19(2)18-12)9-20-7-4-14-17(11-20,16(24)25)5-3-6-21(14)10-15(22)23/h8,14H,3-7,9-11H2,1-2H3,(H,22,23)(H,24,25)/t14-,17+/m1/s1. The summed E-state index contributed by atoms with van der Waals surface area (Å²) in [5, 5.41) is 23.5. The fraction of sp³-hybridized carbons (Fsp3) is 0.706. The molecule has 8 nitrogen and oxygen atoms in total. The van der Waals surface area contributed by atoms with E-state index in [1.807, 2.05) is 25.1 Å². The van der Waals surface area contributed by atoms with Gasteiger partial charge in [-0.05, 0) is 32.7 Å². The number of piperidine rings is 2. The van der Waals surface area contributed by atoms with E-state index in [0.29, 0.717) is 32.5 Å². The third kappa shape index (κ3) is 3.41. The van der Waals surface area contributed by atoms with E-state index in [-0.39, 0.29) is 12.6 Å². The molecule has 2 N–H and O–H groups in total. The van der Waals surface area contributed by atoms with Gasteiger partial charge < -0.3 is 10.2 Å². The first-order chi connectivity index (χ1) is 11.8. The lowest BCUT2D eigenvalue weighted by atomic mass is 9.69. The van der Waals surface area contributed by atoms with Crippen LogP contribution in [0.4, 0.5) is 0 Å². The number of aliphatic carboxylic acids is 2. The number of carbonyl (C=O) groups is 2. The van der Waals surface area contributed by atoms with Crippen LogP contribution in [0.1, 0.15) is 30.5 Å². The van der Waals surface area contributed by atoms with Crippen LogP contribution >= 0.6 is 0 Å². The molecule has 2 atom stereocenters. The maximum atomic E-state index is 12.2. The van der Waals surface area contributed by atoms with Crippen LogP contribution in [0.25, 0.3) is 0 Å². The van der Waals surface area contributed by atoms with Gasteiger partial charge in [0.15, 0.2) is 0 Å². The van der Waals surface area contributed by atoms with Crippen LogP contribution in [-0.2, 0) is 23.2 Å². The lowest BCUT2D eigenvalue weighted by molar-refractivity contribution is -0.166. The highest BCUT2D eigenvalue weighted by molar-refractivity contribution is 5.77. The van der Waals surface area contributed by atoms with Crippen LogP contribution in [0, 0.1) is 12.3 Å². The Morgan fingerprint density at radius 2 is 2.12 bits per heavy atom. The quantitative estimate of drug-likeness (QED) is 0.800. The molecular weight excluding hydrogens is 324 g/mol. The van der Waals surface area contributed by atoms with Crippen molar-refractivity contribution in [3.8, 4) is 0 Å². The zero-order valence-electron chi connectivity index (χ0n) is 14.8. The Labute approximate surface area is 147 Å². The van der Waals surface area contributed by atoms with Gasteiger partial charge in [-0.1, -0.05) is 0 Å². The minimum atomic E-state index is -0.894. The fourth-order valence-corrected chi connectivity index (χ4v) is 4.56. The lowest BCUT2D eigenvalue weighted by Crippen LogP contribution is -2.64. The van der Waals surface area contributed by atoms with Crippen LogP contribution in [0.3, 0.4) is 0 Å². The summed E-state index contributed by atoms with van der Waals surface area (Å²) in [5.74, 6) is -1.70. The van der Waals surface area contributed by atoms with E-state index in [0.717, 1.165) is 24.2 Å². The van der Waals surface area contributed by atoms with Crippen molar-refractivity contribution < 1.29 is 19.8 Å². The number of nitrogens with zero attached hydrogens (tertiary/aromatic N) is 4. The summed E-state index contributed by atoms with van der Waals surface area (Å²) >= 11 is 0. The molecule has 0 aromatic carbocycles. The van der Waals surface area contributed by atoms with Gasteiger partial charge >= 0.3 is 11.9 Å². The molecule has 2 fully saturated rings. The van der Waals surface area contributed by atoms with E-state index in [1.165, 1.54) is 0 Å². The molecule has 2 aliphatic rings. The zero-order chi connectivity index (χ0) is 18.2. The molecule has 0 spiro atoms. The van der Waals surface area contributed by atoms with Gasteiger partial charge in [-0.2, -0.15) is 5.10 Å². The highest BCUT2D eigenvalue weighted by atomic mass is 16.4. The molecule has 0 unspecified atom stereocenters. The second-order valence-electron chi connectivity index (χ2n) is 7.36. The molecule has 0 amide bonds. The third-order valence-corrected chi connectivity index (χ3v) is 5.64. The second kappa shape index (κ2) is 6.76. The van der Waals surface area contributed by atoms with Gasteiger partial charge in [0.25, 0.3) is 0 Å². The van der Waals surface area contributed by atoms with E-state index in [4.69, 9.17) is 5.11 Å². The summed E-state index contributed by atoms with van der Waals surface area (Å²) < 4.78 is 1.78. The molecule has 138 valence electrons. The SMILES string of the molecule is Cc1nn(C)cc1CN1CC[C@H]2N(CC(=O)O)CCC[C@]2(C(=O)O)C1. The van der Waals surface area contributed by atoms with Crippen LogP contribution < -0.4 is 0 Å². The Morgan fingerprint density at radius 3 is 2.72 bits per heavy atom. The Hall–Kier alpha value is -1.93. The van der Waals surface area contributed by atoms with Crippen molar-refractivity contribution in [1.82, 2.24) is 19.6 Å². The lowest BCUT2D eigenvalue weighted by Gasteiger charge is -2.52. The molecule has 8 heteroatoms. The molecule has 1 aromatic heterocycles. The highest BCUT2D eigenvalue weighted by Gasteiger charge is 2.53. The molecule has 3 rings (SSSR count). The van der Waals surface area contributed by atoms with E-state index in [2.05, 4.69) is 10.00 Å². The molecule has 0 bridgehead atoms. The number of carboxylic acids is 2. The third-order valence-electron chi connectivity index (χ3n) is 5.64. The summed E-state index contributed by atoms with van der Waals surface area (Å²) in [4.78, 5) is 27.4. The normalized spacial score (nSPS) is 27.8. The summed E-state index contributed by atoms with van der Waals surface area (Å²) in [6.07, 6.45) is 3.98. The van der Waals surface area contributed by atoms with E-state index < -0.39 is 17.4 Å². The molecule has 0 radical (unpaired) electrons. The Balaban J connectivity index is 1.80. The van der Waals surface area contributed by atoms with E-state index in [1.54, 1.807) is 4.68 Å². The van der Waals surface area contributed by atoms with Crippen molar-refractivity contribution in [2.24, 2.45) is 12.5 Å². The average Bonchev–Trinajstić information content (AvgIpc) is 2.84. The summed E-state index contributed by atoms with van der Waals surface area (Å²) in [5.41, 5.74) is 1.19. The predicted octanol–water partition coefficient (Wildman–Crippen LogP) is 0.554. The monoisotopic (exact) mass is 350 g/mol. The van der Waals surface area contributed by atoms with Gasteiger partial charge in [0.05, 0.1) is 17.7 Å². The van der Waals surface area contributed by atoms with Gasteiger partial charge in [0, 0.05) is 44.5 Å². The number of hydrogen-bond acceptors (Lipinski definition) is 5. The van der Waals surface area contributed by atoms with Crippen molar-refractivity contribution in [1.29, 1.82) is 0 Å². The number of carboxylic acid groups (broad SMARTS) is 2. The van der Waals surface area contributed by atoms with Gasteiger partial charge in [-0.3, -0.25) is 24.1 Å². The topological polar surface area (TPSA) is 98.9 Å². The Bertz CT molecular complexity index is 674. The van der Waals surface area contributed by atoms with Gasteiger partial charge in [-0.15, -0.1) is 0 Å². The second-order valence-corrected chi connectivity index (χ2v) is 7.36. The number of likely N-dealkylation sites (tertiary alicyclic amines) is 2. The molecule has 3 heterocycles. The molecule has 0 aliphatic carbocycles. The van der Waals surface area contributed by atoms with E-state index >= 15 is 0 Å².